The lowest BCUT2D eigenvalue weighted by atomic mass is 10.2. The van der Waals surface area contributed by atoms with E-state index in [-0.39, 0.29) is 10.6 Å². The molecule has 0 atom stereocenters. The summed E-state index contributed by atoms with van der Waals surface area (Å²) in [5.41, 5.74) is 6.23. The predicted octanol–water partition coefficient (Wildman–Crippen LogP) is 3.97. The van der Waals surface area contributed by atoms with Crippen LogP contribution >= 0.6 is 23.2 Å². The van der Waals surface area contributed by atoms with Crippen molar-refractivity contribution >= 4 is 40.5 Å². The van der Waals surface area contributed by atoms with Gasteiger partial charge in [-0.25, -0.2) is 4.39 Å². The first-order valence-electron chi connectivity index (χ1n) is 5.29. The Hall–Kier alpha value is -1.78. The number of anilines is 2. The van der Waals surface area contributed by atoms with Crippen molar-refractivity contribution in [2.24, 2.45) is 0 Å². The highest BCUT2D eigenvalue weighted by atomic mass is 35.5. The summed E-state index contributed by atoms with van der Waals surface area (Å²) < 4.78 is 13.5. The van der Waals surface area contributed by atoms with Crippen molar-refractivity contribution in [1.29, 1.82) is 0 Å². The number of amides is 1. The summed E-state index contributed by atoms with van der Waals surface area (Å²) in [6.45, 7) is 0. The minimum absolute atomic E-state index is 0.138. The molecule has 0 aliphatic rings. The van der Waals surface area contributed by atoms with Crippen LogP contribution in [0.25, 0.3) is 0 Å². The standard InChI is InChI=1S/C13H9Cl2FN2O/c14-7-1-3-11(16)9(5-7)13(19)18-8-2-4-12(17)10(15)6-8/h1-6H,17H2,(H,18,19). The number of carbonyl (C=O) groups excluding carboxylic acids is 1. The third kappa shape index (κ3) is 3.16. The zero-order valence-electron chi connectivity index (χ0n) is 9.58. The Morgan fingerprint density at radius 2 is 1.89 bits per heavy atom. The number of nitrogens with one attached hydrogen (secondary N) is 1. The average Bonchev–Trinajstić information content (AvgIpc) is 2.36. The highest BCUT2D eigenvalue weighted by Gasteiger charge is 2.12. The van der Waals surface area contributed by atoms with Crippen molar-refractivity contribution in [1.82, 2.24) is 0 Å². The fraction of sp³-hybridized carbons (Fsp3) is 0. The third-order valence-corrected chi connectivity index (χ3v) is 2.99. The Morgan fingerprint density at radius 3 is 2.58 bits per heavy atom. The molecule has 2 rings (SSSR count). The number of benzene rings is 2. The summed E-state index contributed by atoms with van der Waals surface area (Å²) in [5.74, 6) is -1.26. The summed E-state index contributed by atoms with van der Waals surface area (Å²) in [7, 11) is 0. The number of halogens is 3. The minimum atomic E-state index is -0.650. The molecular weight excluding hydrogens is 290 g/mol. The minimum Gasteiger partial charge on any atom is -0.398 e. The number of rotatable bonds is 2. The lowest BCUT2D eigenvalue weighted by Crippen LogP contribution is -2.13. The molecule has 0 radical (unpaired) electrons. The van der Waals surface area contributed by atoms with Crippen molar-refractivity contribution in [3.8, 4) is 0 Å². The van der Waals surface area contributed by atoms with Gasteiger partial charge in [0.2, 0.25) is 0 Å². The highest BCUT2D eigenvalue weighted by molar-refractivity contribution is 6.33. The van der Waals surface area contributed by atoms with E-state index in [1.54, 1.807) is 12.1 Å². The molecule has 0 spiro atoms. The van der Waals surface area contributed by atoms with Crippen LogP contribution in [0, 0.1) is 5.82 Å². The van der Waals surface area contributed by atoms with Gasteiger partial charge in [0.15, 0.2) is 0 Å². The molecule has 0 saturated carbocycles. The molecule has 0 aliphatic heterocycles. The number of hydrogen-bond donors (Lipinski definition) is 2. The molecule has 19 heavy (non-hydrogen) atoms. The second-order valence-electron chi connectivity index (χ2n) is 3.81. The summed E-state index contributed by atoms with van der Waals surface area (Å²) in [6.07, 6.45) is 0. The maximum absolute atomic E-state index is 13.5. The van der Waals surface area contributed by atoms with Gasteiger partial charge in [-0.1, -0.05) is 23.2 Å². The normalized spacial score (nSPS) is 10.3. The van der Waals surface area contributed by atoms with Crippen LogP contribution in [0.2, 0.25) is 10.0 Å². The maximum Gasteiger partial charge on any atom is 0.258 e. The Kier molecular flexibility index (Phi) is 3.93. The van der Waals surface area contributed by atoms with Gasteiger partial charge in [-0.3, -0.25) is 4.79 Å². The van der Waals surface area contributed by atoms with E-state index >= 15 is 0 Å². The van der Waals surface area contributed by atoms with Gasteiger partial charge in [0.05, 0.1) is 16.3 Å². The van der Waals surface area contributed by atoms with Crippen LogP contribution in [0.4, 0.5) is 15.8 Å². The van der Waals surface area contributed by atoms with Crippen LogP contribution in [0.5, 0.6) is 0 Å². The zero-order chi connectivity index (χ0) is 14.0. The van der Waals surface area contributed by atoms with E-state index in [1.807, 2.05) is 0 Å². The Labute approximate surface area is 119 Å². The highest BCUT2D eigenvalue weighted by Crippen LogP contribution is 2.23. The molecule has 0 saturated heterocycles. The van der Waals surface area contributed by atoms with E-state index in [0.29, 0.717) is 16.4 Å². The first kappa shape index (κ1) is 13.6. The maximum atomic E-state index is 13.5. The molecule has 0 unspecified atom stereocenters. The summed E-state index contributed by atoms with van der Waals surface area (Å²) in [5, 5.41) is 3.11. The number of nitrogens with two attached hydrogens (primary N) is 1. The second-order valence-corrected chi connectivity index (χ2v) is 4.66. The van der Waals surface area contributed by atoms with Gasteiger partial charge in [0, 0.05) is 10.7 Å². The lowest BCUT2D eigenvalue weighted by molar-refractivity contribution is 0.102. The van der Waals surface area contributed by atoms with Crippen LogP contribution in [-0.2, 0) is 0 Å². The molecule has 3 nitrogen and oxygen atoms in total. The first-order valence-corrected chi connectivity index (χ1v) is 6.04. The number of carbonyl (C=O) groups is 1. The van der Waals surface area contributed by atoms with Crippen molar-refractivity contribution in [3.05, 3.63) is 57.8 Å². The van der Waals surface area contributed by atoms with Crippen LogP contribution in [0.15, 0.2) is 36.4 Å². The fourth-order valence-electron chi connectivity index (χ4n) is 1.47. The van der Waals surface area contributed by atoms with Gasteiger partial charge < -0.3 is 11.1 Å². The van der Waals surface area contributed by atoms with Crippen molar-refractivity contribution < 1.29 is 9.18 Å². The first-order chi connectivity index (χ1) is 8.97. The Bertz CT molecular complexity index is 647. The quantitative estimate of drug-likeness (QED) is 0.824. The van der Waals surface area contributed by atoms with Gasteiger partial charge in [-0.05, 0) is 36.4 Å². The van der Waals surface area contributed by atoms with Crippen LogP contribution in [0.1, 0.15) is 10.4 Å². The topological polar surface area (TPSA) is 55.1 Å². The van der Waals surface area contributed by atoms with Crippen LogP contribution in [-0.4, -0.2) is 5.91 Å². The van der Waals surface area contributed by atoms with Gasteiger partial charge in [-0.15, -0.1) is 0 Å². The summed E-state index contributed by atoms with van der Waals surface area (Å²) in [6, 6.07) is 8.36. The second kappa shape index (κ2) is 5.47. The summed E-state index contributed by atoms with van der Waals surface area (Å²) in [4.78, 5) is 11.9. The molecular formula is C13H9Cl2FN2O. The number of nitrogen functional groups attached to an aromatic ring is 1. The van der Waals surface area contributed by atoms with Gasteiger partial charge >= 0.3 is 0 Å². The van der Waals surface area contributed by atoms with Crippen molar-refractivity contribution in [3.63, 3.8) is 0 Å². The summed E-state index contributed by atoms with van der Waals surface area (Å²) >= 11 is 11.6. The molecule has 0 aliphatic carbocycles. The zero-order valence-corrected chi connectivity index (χ0v) is 11.1. The van der Waals surface area contributed by atoms with E-state index in [2.05, 4.69) is 5.32 Å². The molecule has 6 heteroatoms. The lowest BCUT2D eigenvalue weighted by Gasteiger charge is -2.07. The van der Waals surface area contributed by atoms with Gasteiger partial charge in [0.25, 0.3) is 5.91 Å². The average molecular weight is 299 g/mol. The van der Waals surface area contributed by atoms with E-state index in [0.717, 1.165) is 6.07 Å². The van der Waals surface area contributed by atoms with E-state index in [4.69, 9.17) is 28.9 Å². The molecule has 3 N–H and O–H groups in total. The molecule has 2 aromatic rings. The SMILES string of the molecule is Nc1ccc(NC(=O)c2cc(Cl)ccc2F)cc1Cl. The molecule has 0 fully saturated rings. The monoisotopic (exact) mass is 298 g/mol. The van der Waals surface area contributed by atoms with Crippen LogP contribution in [0.3, 0.4) is 0 Å². The van der Waals surface area contributed by atoms with Gasteiger partial charge in [0.1, 0.15) is 5.82 Å². The molecule has 98 valence electrons. The smallest absolute Gasteiger partial charge is 0.258 e. The van der Waals surface area contributed by atoms with Crippen LogP contribution < -0.4 is 11.1 Å². The van der Waals surface area contributed by atoms with E-state index < -0.39 is 11.7 Å². The predicted molar refractivity (Wildman–Crippen MR) is 75.2 cm³/mol. The Morgan fingerprint density at radius 1 is 1.16 bits per heavy atom. The van der Waals surface area contributed by atoms with Crippen molar-refractivity contribution in [2.45, 2.75) is 0 Å². The molecule has 1 amide bonds. The molecule has 0 heterocycles. The largest absolute Gasteiger partial charge is 0.398 e. The fourth-order valence-corrected chi connectivity index (χ4v) is 1.83. The number of hydrogen-bond acceptors (Lipinski definition) is 2. The third-order valence-electron chi connectivity index (χ3n) is 2.43. The van der Waals surface area contributed by atoms with E-state index in [9.17, 15) is 9.18 Å². The van der Waals surface area contributed by atoms with Gasteiger partial charge in [-0.2, -0.15) is 0 Å². The van der Waals surface area contributed by atoms with Crippen molar-refractivity contribution in [2.75, 3.05) is 11.1 Å². The Balaban J connectivity index is 2.25. The molecule has 2 aromatic carbocycles. The molecule has 0 bridgehead atoms. The van der Waals surface area contributed by atoms with E-state index in [1.165, 1.54) is 18.2 Å². The molecule has 0 aromatic heterocycles.